The summed E-state index contributed by atoms with van der Waals surface area (Å²) in [4.78, 5) is 25.2. The van der Waals surface area contributed by atoms with Crippen molar-refractivity contribution in [1.82, 2.24) is 10.9 Å². The molecule has 0 unspecified atom stereocenters. The van der Waals surface area contributed by atoms with E-state index in [9.17, 15) is 14.0 Å². The molecule has 2 aromatic carbocycles. The molecule has 0 aliphatic rings. The highest BCUT2D eigenvalue weighted by atomic mass is 32.1. The van der Waals surface area contributed by atoms with Crippen LogP contribution < -0.4 is 10.9 Å². The Hall–Kier alpha value is -3.19. The highest BCUT2D eigenvalue weighted by Gasteiger charge is 2.21. The fraction of sp³-hybridized carbons (Fsp3) is 0.100. The van der Waals surface area contributed by atoms with E-state index in [1.54, 1.807) is 32.0 Å². The molecule has 0 saturated carbocycles. The second-order valence-corrected chi connectivity index (χ2v) is 7.18. The second kappa shape index (κ2) is 6.51. The van der Waals surface area contributed by atoms with Crippen LogP contribution in [0.1, 0.15) is 31.4 Å². The van der Waals surface area contributed by atoms with Gasteiger partial charge in [0.25, 0.3) is 5.91 Å². The van der Waals surface area contributed by atoms with Crippen molar-refractivity contribution < 1.29 is 18.4 Å². The lowest BCUT2D eigenvalue weighted by atomic mass is 10.1. The Morgan fingerprint density at radius 2 is 1.70 bits per heavy atom. The Bertz CT molecular complexity index is 1210. The molecule has 2 amide bonds. The molecule has 0 saturated heterocycles. The van der Waals surface area contributed by atoms with Crippen LogP contribution in [0.15, 0.2) is 46.9 Å². The molecule has 2 N–H and O–H groups in total. The number of carbonyl (C=O) groups is 2. The number of nitrogens with one attached hydrogen (secondary N) is 2. The van der Waals surface area contributed by atoms with Gasteiger partial charge in [-0.25, -0.2) is 4.39 Å². The molecule has 2 heterocycles. The van der Waals surface area contributed by atoms with Crippen LogP contribution in [-0.2, 0) is 0 Å². The Balaban J connectivity index is 1.55. The molecule has 5 nitrogen and oxygen atoms in total. The maximum Gasteiger partial charge on any atom is 0.305 e. The molecule has 2 aromatic heterocycles. The Kier molecular flexibility index (Phi) is 4.16. The molecule has 0 aliphatic carbocycles. The summed E-state index contributed by atoms with van der Waals surface area (Å²) in [6.07, 6.45) is 0. The minimum absolute atomic E-state index is 0.135. The van der Waals surface area contributed by atoms with Crippen molar-refractivity contribution in [2.24, 2.45) is 0 Å². The van der Waals surface area contributed by atoms with Gasteiger partial charge < -0.3 is 4.42 Å². The second-order valence-electron chi connectivity index (χ2n) is 6.13. The zero-order chi connectivity index (χ0) is 19.1. The average Bonchev–Trinajstić information content (AvgIpc) is 3.18. The van der Waals surface area contributed by atoms with Gasteiger partial charge in [0.05, 0.1) is 4.88 Å². The number of para-hydroxylation sites is 1. The van der Waals surface area contributed by atoms with Crippen LogP contribution in [0.25, 0.3) is 21.1 Å². The number of fused-ring (bicyclic) bond motifs is 2. The van der Waals surface area contributed by atoms with Crippen LogP contribution in [0, 0.1) is 19.7 Å². The molecule has 4 aromatic rings. The van der Waals surface area contributed by atoms with Gasteiger partial charge in [-0.1, -0.05) is 24.3 Å². The quantitative estimate of drug-likeness (QED) is 0.502. The average molecular weight is 382 g/mol. The number of furan rings is 1. The molecular formula is C20H15FN2O3S. The standard InChI is InChI=1S/C20H15FN2O3S/c1-10-12-6-3-4-8-14(12)26-17(10)19(24)22-23-20(25)18-11(2)16-13(21)7-5-9-15(16)27-18/h3-9H,1-2H3,(H,22,24)(H,23,25). The van der Waals surface area contributed by atoms with Crippen LogP contribution in [0.3, 0.4) is 0 Å². The summed E-state index contributed by atoms with van der Waals surface area (Å²) in [5, 5.41) is 1.26. The third-order valence-electron chi connectivity index (χ3n) is 4.45. The van der Waals surface area contributed by atoms with Crippen molar-refractivity contribution in [3.05, 3.63) is 70.0 Å². The maximum absolute atomic E-state index is 14.0. The first-order valence-electron chi connectivity index (χ1n) is 8.24. The zero-order valence-corrected chi connectivity index (χ0v) is 15.4. The van der Waals surface area contributed by atoms with Gasteiger partial charge >= 0.3 is 5.91 Å². The molecule has 4 rings (SSSR count). The summed E-state index contributed by atoms with van der Waals surface area (Å²) in [6, 6.07) is 12.0. The smallest absolute Gasteiger partial charge is 0.305 e. The molecule has 0 spiro atoms. The van der Waals surface area contributed by atoms with Crippen LogP contribution in [-0.4, -0.2) is 11.8 Å². The lowest BCUT2D eigenvalue weighted by molar-refractivity contribution is 0.0833. The number of aryl methyl sites for hydroxylation is 2. The number of hydrazine groups is 1. The summed E-state index contributed by atoms with van der Waals surface area (Å²) < 4.78 is 20.3. The highest BCUT2D eigenvalue weighted by molar-refractivity contribution is 7.21. The molecule has 27 heavy (non-hydrogen) atoms. The van der Waals surface area contributed by atoms with Crippen LogP contribution in [0.2, 0.25) is 0 Å². The lowest BCUT2D eigenvalue weighted by Gasteiger charge is -2.06. The van der Waals surface area contributed by atoms with Gasteiger partial charge in [-0.15, -0.1) is 11.3 Å². The van der Waals surface area contributed by atoms with E-state index >= 15 is 0 Å². The molecule has 136 valence electrons. The molecule has 0 fully saturated rings. The fourth-order valence-corrected chi connectivity index (χ4v) is 4.21. The number of benzene rings is 2. The minimum Gasteiger partial charge on any atom is -0.451 e. The van der Waals surface area contributed by atoms with E-state index in [0.29, 0.717) is 31.7 Å². The third-order valence-corrected chi connectivity index (χ3v) is 5.70. The Morgan fingerprint density at radius 1 is 0.963 bits per heavy atom. The zero-order valence-electron chi connectivity index (χ0n) is 14.6. The molecule has 7 heteroatoms. The van der Waals surface area contributed by atoms with E-state index in [4.69, 9.17) is 4.42 Å². The van der Waals surface area contributed by atoms with Crippen molar-refractivity contribution >= 4 is 44.2 Å². The van der Waals surface area contributed by atoms with Gasteiger partial charge in [0.1, 0.15) is 11.4 Å². The number of amides is 2. The van der Waals surface area contributed by atoms with Crippen LogP contribution in [0.5, 0.6) is 0 Å². The normalized spacial score (nSPS) is 11.1. The monoisotopic (exact) mass is 382 g/mol. The molecule has 0 bridgehead atoms. The van der Waals surface area contributed by atoms with Gasteiger partial charge in [-0.3, -0.25) is 20.4 Å². The van der Waals surface area contributed by atoms with Crippen molar-refractivity contribution in [3.8, 4) is 0 Å². The first kappa shape index (κ1) is 17.2. The largest absolute Gasteiger partial charge is 0.451 e. The Labute approximate surface area is 157 Å². The number of halogens is 1. The van der Waals surface area contributed by atoms with Crippen molar-refractivity contribution in [2.45, 2.75) is 13.8 Å². The number of hydrogen-bond acceptors (Lipinski definition) is 4. The fourth-order valence-electron chi connectivity index (χ4n) is 3.09. The summed E-state index contributed by atoms with van der Waals surface area (Å²) in [6.45, 7) is 3.46. The minimum atomic E-state index is -0.554. The molecule has 0 atom stereocenters. The van der Waals surface area contributed by atoms with Gasteiger partial charge in [-0.2, -0.15) is 0 Å². The summed E-state index contributed by atoms with van der Waals surface area (Å²) >= 11 is 1.17. The predicted octanol–water partition coefficient (Wildman–Crippen LogP) is 4.48. The molecule has 0 aliphatic heterocycles. The van der Waals surface area contributed by atoms with Crippen molar-refractivity contribution in [3.63, 3.8) is 0 Å². The van der Waals surface area contributed by atoms with E-state index < -0.39 is 11.8 Å². The third kappa shape index (κ3) is 2.86. The van der Waals surface area contributed by atoms with E-state index in [-0.39, 0.29) is 11.6 Å². The van der Waals surface area contributed by atoms with Gasteiger partial charge in [-0.05, 0) is 37.6 Å². The van der Waals surface area contributed by atoms with E-state index in [1.807, 2.05) is 18.2 Å². The van der Waals surface area contributed by atoms with E-state index in [2.05, 4.69) is 10.9 Å². The number of carbonyl (C=O) groups excluding carboxylic acids is 2. The topological polar surface area (TPSA) is 71.3 Å². The first-order chi connectivity index (χ1) is 13.0. The van der Waals surface area contributed by atoms with Crippen LogP contribution in [0.4, 0.5) is 4.39 Å². The van der Waals surface area contributed by atoms with Crippen molar-refractivity contribution in [1.29, 1.82) is 0 Å². The summed E-state index contributed by atoms with van der Waals surface area (Å²) in [5.74, 6) is -1.30. The molecular weight excluding hydrogens is 367 g/mol. The number of rotatable bonds is 2. The Morgan fingerprint density at radius 3 is 2.44 bits per heavy atom. The van der Waals surface area contributed by atoms with Crippen LogP contribution >= 0.6 is 11.3 Å². The summed E-state index contributed by atoms with van der Waals surface area (Å²) in [5.41, 5.74) is 6.58. The van der Waals surface area contributed by atoms with E-state index in [1.165, 1.54) is 17.4 Å². The number of thiophene rings is 1. The van der Waals surface area contributed by atoms with Crippen molar-refractivity contribution in [2.75, 3.05) is 0 Å². The van der Waals surface area contributed by atoms with Gasteiger partial charge in [0.15, 0.2) is 5.76 Å². The first-order valence-corrected chi connectivity index (χ1v) is 9.05. The lowest BCUT2D eigenvalue weighted by Crippen LogP contribution is -2.41. The number of hydrogen-bond donors (Lipinski definition) is 2. The molecule has 0 radical (unpaired) electrons. The predicted molar refractivity (Wildman–Crippen MR) is 102 cm³/mol. The van der Waals surface area contributed by atoms with Gasteiger partial charge in [0, 0.05) is 21.0 Å². The van der Waals surface area contributed by atoms with Gasteiger partial charge in [0.2, 0.25) is 0 Å². The maximum atomic E-state index is 14.0. The summed E-state index contributed by atoms with van der Waals surface area (Å²) in [7, 11) is 0. The SMILES string of the molecule is Cc1c(C(=O)NNC(=O)c2sc3cccc(F)c3c2C)oc2ccccc12. The van der Waals surface area contributed by atoms with E-state index in [0.717, 1.165) is 5.39 Å². The highest BCUT2D eigenvalue weighted by Crippen LogP contribution is 2.32.